The number of nitrogens with zero attached hydrogens (tertiary/aromatic N) is 2. The van der Waals surface area contributed by atoms with E-state index >= 15 is 0 Å². The second-order valence-corrected chi connectivity index (χ2v) is 8.90. The molecule has 4 N–H and O–H groups in total. The van der Waals surface area contributed by atoms with E-state index in [0.717, 1.165) is 29.5 Å². The average Bonchev–Trinajstić information content (AvgIpc) is 3.76. The minimum Gasteiger partial charge on any atom is -0.398 e. The topological polar surface area (TPSA) is 110 Å². The summed E-state index contributed by atoms with van der Waals surface area (Å²) in [7, 11) is 0. The molecule has 0 spiro atoms. The lowest BCUT2D eigenvalue weighted by atomic mass is 9.98. The van der Waals surface area contributed by atoms with Crippen LogP contribution in [0.25, 0.3) is 28.0 Å². The van der Waals surface area contributed by atoms with Crippen molar-refractivity contribution in [2.75, 3.05) is 16.4 Å². The maximum Gasteiger partial charge on any atom is 0.255 e. The van der Waals surface area contributed by atoms with Crippen molar-refractivity contribution in [3.05, 3.63) is 97.2 Å². The van der Waals surface area contributed by atoms with Gasteiger partial charge in [-0.1, -0.05) is 12.6 Å². The molecule has 2 aromatic carbocycles. The van der Waals surface area contributed by atoms with Crippen LogP contribution in [-0.4, -0.2) is 21.8 Å². The Balaban J connectivity index is 1.30. The van der Waals surface area contributed by atoms with Crippen molar-refractivity contribution in [3.8, 4) is 22.4 Å². The van der Waals surface area contributed by atoms with Gasteiger partial charge in [-0.05, 0) is 73.0 Å². The smallest absolute Gasteiger partial charge is 0.255 e. The molecule has 0 bridgehead atoms. The summed E-state index contributed by atoms with van der Waals surface area (Å²) in [6, 6.07) is 16.6. The first kappa shape index (κ1) is 23.9. The van der Waals surface area contributed by atoms with Gasteiger partial charge in [0.15, 0.2) is 0 Å². The number of hydrogen-bond acceptors (Lipinski definition) is 5. The van der Waals surface area contributed by atoms with Gasteiger partial charge >= 0.3 is 0 Å². The predicted molar refractivity (Wildman–Crippen MR) is 143 cm³/mol. The van der Waals surface area contributed by atoms with E-state index in [1.807, 2.05) is 12.1 Å². The first-order chi connectivity index (χ1) is 17.9. The van der Waals surface area contributed by atoms with E-state index < -0.39 is 5.91 Å². The van der Waals surface area contributed by atoms with Crippen LogP contribution >= 0.6 is 0 Å². The van der Waals surface area contributed by atoms with E-state index in [1.165, 1.54) is 18.3 Å². The van der Waals surface area contributed by atoms with Gasteiger partial charge in [0.25, 0.3) is 5.91 Å². The Morgan fingerprint density at radius 1 is 0.865 bits per heavy atom. The molecular weight excluding hydrogens is 469 g/mol. The fourth-order valence-corrected chi connectivity index (χ4v) is 3.84. The van der Waals surface area contributed by atoms with Crippen LogP contribution in [0.1, 0.15) is 18.4 Å². The van der Waals surface area contributed by atoms with Gasteiger partial charge < -0.3 is 16.4 Å². The van der Waals surface area contributed by atoms with E-state index in [2.05, 4.69) is 27.2 Å². The summed E-state index contributed by atoms with van der Waals surface area (Å²) < 4.78 is 13.2. The molecule has 1 saturated carbocycles. The van der Waals surface area contributed by atoms with Crippen LogP contribution < -0.4 is 16.4 Å². The van der Waals surface area contributed by atoms with Crippen LogP contribution in [0, 0.1) is 11.7 Å². The molecule has 0 unspecified atom stereocenters. The summed E-state index contributed by atoms with van der Waals surface area (Å²) >= 11 is 0. The molecule has 184 valence electrons. The predicted octanol–water partition coefficient (Wildman–Crippen LogP) is 5.53. The van der Waals surface area contributed by atoms with Gasteiger partial charge in [-0.15, -0.1) is 0 Å². The Labute approximate surface area is 213 Å². The number of nitrogens with one attached hydrogen (secondary N) is 2. The number of hydrogen-bond donors (Lipinski definition) is 3. The number of anilines is 3. The van der Waals surface area contributed by atoms with Gasteiger partial charge in [0.05, 0.1) is 29.5 Å². The SMILES string of the molecule is C=C(C(=O)Nc1ccc(-c2ccc(F)cc2)nc1)c1cc(-c2cncc(NC(=O)C3CC3)c2)ccc1N. The molecule has 0 radical (unpaired) electrons. The normalized spacial score (nSPS) is 12.6. The van der Waals surface area contributed by atoms with Gasteiger partial charge in [0, 0.05) is 40.1 Å². The highest BCUT2D eigenvalue weighted by Gasteiger charge is 2.29. The minimum atomic E-state index is -0.427. The zero-order valence-electron chi connectivity index (χ0n) is 19.9. The van der Waals surface area contributed by atoms with Crippen molar-refractivity contribution in [3.63, 3.8) is 0 Å². The molecular formula is C29H24FN5O2. The van der Waals surface area contributed by atoms with E-state index in [0.29, 0.717) is 28.3 Å². The summed E-state index contributed by atoms with van der Waals surface area (Å²) in [5.41, 5.74) is 11.3. The van der Waals surface area contributed by atoms with Gasteiger partial charge in [-0.25, -0.2) is 4.39 Å². The van der Waals surface area contributed by atoms with Crippen LogP contribution in [0.2, 0.25) is 0 Å². The largest absolute Gasteiger partial charge is 0.398 e. The van der Waals surface area contributed by atoms with E-state index in [9.17, 15) is 14.0 Å². The summed E-state index contributed by atoms with van der Waals surface area (Å²) in [5, 5.41) is 5.68. The Kier molecular flexibility index (Phi) is 6.47. The number of rotatable bonds is 7. The fraction of sp³-hybridized carbons (Fsp3) is 0.103. The van der Waals surface area contributed by atoms with Gasteiger partial charge in [0.1, 0.15) is 5.82 Å². The molecule has 0 atom stereocenters. The van der Waals surface area contributed by atoms with Gasteiger partial charge in [-0.2, -0.15) is 0 Å². The number of aromatic nitrogens is 2. The molecule has 2 aromatic heterocycles. The third-order valence-corrected chi connectivity index (χ3v) is 6.10. The fourth-order valence-electron chi connectivity index (χ4n) is 3.84. The van der Waals surface area contributed by atoms with E-state index in [1.54, 1.807) is 48.8 Å². The maximum absolute atomic E-state index is 13.2. The molecule has 7 nitrogen and oxygen atoms in total. The highest BCUT2D eigenvalue weighted by Crippen LogP contribution is 2.32. The third kappa shape index (κ3) is 5.54. The lowest BCUT2D eigenvalue weighted by molar-refractivity contribution is -0.117. The van der Waals surface area contributed by atoms with E-state index in [4.69, 9.17) is 5.73 Å². The van der Waals surface area contributed by atoms with Crippen molar-refractivity contribution in [2.45, 2.75) is 12.8 Å². The molecule has 2 amide bonds. The first-order valence-corrected chi connectivity index (χ1v) is 11.8. The number of carbonyl (C=O) groups is 2. The molecule has 5 rings (SSSR count). The van der Waals surface area contributed by atoms with Crippen molar-refractivity contribution < 1.29 is 14.0 Å². The zero-order chi connectivity index (χ0) is 25.9. The minimum absolute atomic E-state index is 0.00202. The molecule has 1 aliphatic rings. The summed E-state index contributed by atoms with van der Waals surface area (Å²) in [6.07, 6.45) is 6.64. The Morgan fingerprint density at radius 3 is 2.32 bits per heavy atom. The summed E-state index contributed by atoms with van der Waals surface area (Å²) in [4.78, 5) is 33.7. The monoisotopic (exact) mass is 493 g/mol. The van der Waals surface area contributed by atoms with E-state index in [-0.39, 0.29) is 23.2 Å². The second-order valence-electron chi connectivity index (χ2n) is 8.90. The standard InChI is InChI=1S/C29H24FN5O2/c1-17(28(36)34-23-9-11-27(33-16-23)18-4-7-22(30)8-5-18)25-13-20(6-10-26(25)31)21-12-24(15-32-14-21)35-29(37)19-2-3-19/h4-16,19H,1-3,31H2,(H,34,36)(H,35,37). The summed E-state index contributed by atoms with van der Waals surface area (Å²) in [6.45, 7) is 3.95. The number of amides is 2. The quantitative estimate of drug-likeness (QED) is 0.232. The number of pyridine rings is 2. The molecule has 1 fully saturated rings. The maximum atomic E-state index is 13.2. The lowest BCUT2D eigenvalue weighted by Gasteiger charge is -2.13. The first-order valence-electron chi connectivity index (χ1n) is 11.8. The van der Waals surface area contributed by atoms with Crippen molar-refractivity contribution >= 4 is 34.4 Å². The Morgan fingerprint density at radius 2 is 1.62 bits per heavy atom. The highest BCUT2D eigenvalue weighted by molar-refractivity contribution is 6.25. The molecule has 4 aromatic rings. The van der Waals surface area contributed by atoms with Crippen LogP contribution in [0.3, 0.4) is 0 Å². The molecule has 1 aliphatic carbocycles. The molecule has 8 heteroatoms. The Hall–Kier alpha value is -4.85. The second kappa shape index (κ2) is 10.0. The number of nitrogen functional groups attached to an aromatic ring is 1. The number of nitrogens with two attached hydrogens (primary N) is 1. The number of halogens is 1. The van der Waals surface area contributed by atoms with Crippen LogP contribution in [0.4, 0.5) is 21.5 Å². The highest BCUT2D eigenvalue weighted by atomic mass is 19.1. The molecule has 0 aliphatic heterocycles. The molecule has 2 heterocycles. The van der Waals surface area contributed by atoms with Crippen LogP contribution in [-0.2, 0) is 9.59 Å². The lowest BCUT2D eigenvalue weighted by Crippen LogP contribution is -2.14. The third-order valence-electron chi connectivity index (χ3n) is 6.10. The molecule has 37 heavy (non-hydrogen) atoms. The Bertz CT molecular complexity index is 1500. The van der Waals surface area contributed by atoms with Gasteiger partial charge in [0.2, 0.25) is 5.91 Å². The summed E-state index contributed by atoms with van der Waals surface area (Å²) in [5.74, 6) is -0.660. The molecule has 0 saturated heterocycles. The van der Waals surface area contributed by atoms with Crippen molar-refractivity contribution in [2.24, 2.45) is 5.92 Å². The van der Waals surface area contributed by atoms with Crippen LogP contribution in [0.5, 0.6) is 0 Å². The van der Waals surface area contributed by atoms with Crippen LogP contribution in [0.15, 0.2) is 85.8 Å². The number of carbonyl (C=O) groups excluding carboxylic acids is 2. The zero-order valence-corrected chi connectivity index (χ0v) is 19.9. The van der Waals surface area contributed by atoms with Crippen molar-refractivity contribution in [1.29, 1.82) is 0 Å². The van der Waals surface area contributed by atoms with Crippen molar-refractivity contribution in [1.82, 2.24) is 9.97 Å². The number of benzene rings is 2. The van der Waals surface area contributed by atoms with Gasteiger partial charge in [-0.3, -0.25) is 19.6 Å². The average molecular weight is 494 g/mol.